The van der Waals surface area contributed by atoms with Crippen LogP contribution in [0.5, 0.6) is 0 Å². The monoisotopic (exact) mass is 423 g/mol. The fourth-order valence-corrected chi connectivity index (χ4v) is 3.95. The van der Waals surface area contributed by atoms with Gasteiger partial charge in [-0.05, 0) is 46.4 Å². The highest BCUT2D eigenvalue weighted by atomic mass is 32.1. The van der Waals surface area contributed by atoms with E-state index in [4.69, 9.17) is 9.90 Å². The molecular weight excluding hydrogens is 403 g/mol. The van der Waals surface area contributed by atoms with Crippen LogP contribution in [0.15, 0.2) is 53.4 Å². The maximum atomic E-state index is 10.6. The molecule has 5 nitrogen and oxygen atoms in total. The fraction of sp³-hybridized carbons (Fsp3) is 0.300. The van der Waals surface area contributed by atoms with Gasteiger partial charge in [0.15, 0.2) is 0 Å². The number of carbonyl (C=O) groups is 1. The summed E-state index contributed by atoms with van der Waals surface area (Å²) in [6, 6.07) is 13.1. The van der Waals surface area contributed by atoms with E-state index in [0.29, 0.717) is 6.04 Å². The normalized spacial score (nSPS) is 13.6. The molecule has 2 aromatic heterocycles. The van der Waals surface area contributed by atoms with E-state index in [1.165, 1.54) is 16.7 Å². The van der Waals surface area contributed by atoms with E-state index in [9.17, 15) is 13.2 Å². The summed E-state index contributed by atoms with van der Waals surface area (Å²) in [7, 11) is 0. The van der Waals surface area contributed by atoms with Crippen molar-refractivity contribution in [2.24, 2.45) is 0 Å². The number of hydrogen-bond acceptors (Lipinski definition) is 4. The fourth-order valence-electron chi connectivity index (χ4n) is 3.06. The van der Waals surface area contributed by atoms with Crippen LogP contribution in [0.1, 0.15) is 22.4 Å². The highest BCUT2D eigenvalue weighted by Crippen LogP contribution is 2.25. The van der Waals surface area contributed by atoms with Crippen LogP contribution in [0.4, 0.5) is 13.2 Å². The van der Waals surface area contributed by atoms with Gasteiger partial charge in [-0.25, -0.2) is 4.79 Å². The van der Waals surface area contributed by atoms with Gasteiger partial charge in [-0.1, -0.05) is 30.3 Å². The molecule has 0 radical (unpaired) electrons. The third-order valence-electron chi connectivity index (χ3n) is 4.46. The van der Waals surface area contributed by atoms with E-state index in [1.807, 2.05) is 22.1 Å². The highest BCUT2D eigenvalue weighted by molar-refractivity contribution is 7.08. The molecule has 3 aromatic rings. The molecule has 9 heteroatoms. The van der Waals surface area contributed by atoms with Crippen LogP contribution in [-0.4, -0.2) is 33.1 Å². The number of halogens is 3. The van der Waals surface area contributed by atoms with Gasteiger partial charge in [0.05, 0.1) is 12.2 Å². The van der Waals surface area contributed by atoms with Crippen molar-refractivity contribution >= 4 is 17.3 Å². The van der Waals surface area contributed by atoms with E-state index < -0.39 is 12.1 Å². The Labute approximate surface area is 169 Å². The number of rotatable bonds is 5. The van der Waals surface area contributed by atoms with Crippen LogP contribution in [0.3, 0.4) is 0 Å². The number of nitrogens with one attached hydrogen (secondary N) is 1. The van der Waals surface area contributed by atoms with E-state index in [2.05, 4.69) is 57.7 Å². The first-order valence-electron chi connectivity index (χ1n) is 8.95. The number of benzene rings is 1. The van der Waals surface area contributed by atoms with Gasteiger partial charge in [-0.15, -0.1) is 0 Å². The van der Waals surface area contributed by atoms with Crippen molar-refractivity contribution in [1.82, 2.24) is 15.1 Å². The number of fused-ring (bicyclic) bond motifs is 1. The number of alkyl halides is 3. The average molecular weight is 423 g/mol. The number of aliphatic carboxylic acids is 1. The molecule has 0 saturated heterocycles. The largest absolute Gasteiger partial charge is 0.490 e. The summed E-state index contributed by atoms with van der Waals surface area (Å²) in [5.41, 5.74) is 5.45. The zero-order valence-electron chi connectivity index (χ0n) is 15.4. The minimum Gasteiger partial charge on any atom is -0.475 e. The average Bonchev–Trinajstić information content (AvgIpc) is 3.37. The predicted molar refractivity (Wildman–Crippen MR) is 104 cm³/mol. The van der Waals surface area contributed by atoms with Gasteiger partial charge in [0.25, 0.3) is 0 Å². The molecule has 2 heterocycles. The van der Waals surface area contributed by atoms with Crippen LogP contribution in [-0.2, 0) is 30.7 Å². The SMILES string of the molecule is O=C(O)C(F)(F)F.c1ccc(Cn2ccc(CNC3Cc4cscc4C3)n2)cc1. The second-order valence-electron chi connectivity index (χ2n) is 6.70. The predicted octanol–water partition coefficient (Wildman–Crippen LogP) is 3.88. The Morgan fingerprint density at radius 3 is 2.38 bits per heavy atom. The van der Waals surface area contributed by atoms with Crippen LogP contribution in [0.2, 0.25) is 0 Å². The molecule has 0 spiro atoms. The number of hydrogen-bond donors (Lipinski definition) is 2. The van der Waals surface area contributed by atoms with E-state index in [-0.39, 0.29) is 0 Å². The molecule has 0 aliphatic heterocycles. The van der Waals surface area contributed by atoms with Gasteiger partial charge in [-0.2, -0.15) is 29.6 Å². The molecule has 0 saturated carbocycles. The number of carboxylic acid groups (broad SMARTS) is 1. The molecule has 0 atom stereocenters. The summed E-state index contributed by atoms with van der Waals surface area (Å²) < 4.78 is 33.7. The van der Waals surface area contributed by atoms with Gasteiger partial charge in [0.1, 0.15) is 0 Å². The molecule has 0 bridgehead atoms. The maximum Gasteiger partial charge on any atom is 0.490 e. The Balaban J connectivity index is 0.000000298. The Morgan fingerprint density at radius 1 is 1.17 bits per heavy atom. The quantitative estimate of drug-likeness (QED) is 0.654. The van der Waals surface area contributed by atoms with Gasteiger partial charge >= 0.3 is 12.1 Å². The Bertz CT molecular complexity index is 917. The molecule has 1 aliphatic carbocycles. The van der Waals surface area contributed by atoms with Crippen molar-refractivity contribution in [2.75, 3.05) is 0 Å². The Kier molecular flexibility index (Phi) is 6.71. The van der Waals surface area contributed by atoms with Gasteiger partial charge in [0, 0.05) is 18.8 Å². The number of thiophene rings is 1. The first-order chi connectivity index (χ1) is 13.8. The summed E-state index contributed by atoms with van der Waals surface area (Å²) in [6.07, 6.45) is -0.706. The zero-order chi connectivity index (χ0) is 20.9. The lowest BCUT2D eigenvalue weighted by molar-refractivity contribution is -0.192. The number of nitrogens with zero attached hydrogens (tertiary/aromatic N) is 2. The van der Waals surface area contributed by atoms with Crippen molar-refractivity contribution < 1.29 is 23.1 Å². The smallest absolute Gasteiger partial charge is 0.475 e. The first-order valence-corrected chi connectivity index (χ1v) is 9.89. The van der Waals surface area contributed by atoms with Crippen molar-refractivity contribution in [3.63, 3.8) is 0 Å². The lowest BCUT2D eigenvalue weighted by Gasteiger charge is -2.10. The van der Waals surface area contributed by atoms with Crippen molar-refractivity contribution in [3.05, 3.63) is 75.7 Å². The third-order valence-corrected chi connectivity index (χ3v) is 5.30. The van der Waals surface area contributed by atoms with Crippen LogP contribution >= 0.6 is 11.3 Å². The van der Waals surface area contributed by atoms with Gasteiger partial charge in [0.2, 0.25) is 0 Å². The first kappa shape index (κ1) is 21.1. The molecule has 2 N–H and O–H groups in total. The molecule has 0 fully saturated rings. The summed E-state index contributed by atoms with van der Waals surface area (Å²) in [6.45, 7) is 1.68. The van der Waals surface area contributed by atoms with Crippen LogP contribution in [0.25, 0.3) is 0 Å². The zero-order valence-corrected chi connectivity index (χ0v) is 16.2. The number of aromatic nitrogens is 2. The summed E-state index contributed by atoms with van der Waals surface area (Å²) in [5.74, 6) is -2.76. The molecule has 29 heavy (non-hydrogen) atoms. The standard InChI is InChI=1S/C18H19N3S.C2HF3O2/c1-2-4-14(5-3-1)11-21-7-6-17(20-21)10-19-18-8-15-12-22-13-16(15)9-18;3-2(4,5)1(6)7/h1-7,12-13,18-19H,8-11H2;(H,6,7). The lowest BCUT2D eigenvalue weighted by atomic mass is 10.2. The maximum absolute atomic E-state index is 10.6. The van der Waals surface area contributed by atoms with Crippen LogP contribution in [0, 0.1) is 0 Å². The van der Waals surface area contributed by atoms with Crippen molar-refractivity contribution in [2.45, 2.75) is 38.1 Å². The molecule has 154 valence electrons. The van der Waals surface area contributed by atoms with Crippen LogP contribution < -0.4 is 5.32 Å². The molecule has 1 aromatic carbocycles. The summed E-state index contributed by atoms with van der Waals surface area (Å²) in [5, 5.41) is 20.0. The third kappa shape index (κ3) is 6.16. The molecule has 1 aliphatic rings. The van der Waals surface area contributed by atoms with Crippen molar-refractivity contribution in [3.8, 4) is 0 Å². The van der Waals surface area contributed by atoms with Crippen molar-refractivity contribution in [1.29, 1.82) is 0 Å². The Hall–Kier alpha value is -2.65. The lowest BCUT2D eigenvalue weighted by Crippen LogP contribution is -2.29. The second-order valence-corrected chi connectivity index (χ2v) is 7.45. The van der Waals surface area contributed by atoms with Gasteiger partial charge in [-0.3, -0.25) is 4.68 Å². The minimum atomic E-state index is -5.08. The second kappa shape index (κ2) is 9.23. The molecule has 0 amide bonds. The molecule has 4 rings (SSSR count). The minimum absolute atomic E-state index is 0.567. The van der Waals surface area contributed by atoms with E-state index in [0.717, 1.165) is 31.6 Å². The summed E-state index contributed by atoms with van der Waals surface area (Å²) in [4.78, 5) is 8.90. The number of carboxylic acids is 1. The Morgan fingerprint density at radius 2 is 1.79 bits per heavy atom. The van der Waals surface area contributed by atoms with E-state index >= 15 is 0 Å². The summed E-state index contributed by atoms with van der Waals surface area (Å²) >= 11 is 1.82. The highest BCUT2D eigenvalue weighted by Gasteiger charge is 2.38. The van der Waals surface area contributed by atoms with Gasteiger partial charge < -0.3 is 10.4 Å². The topological polar surface area (TPSA) is 67.2 Å². The van der Waals surface area contributed by atoms with E-state index in [1.54, 1.807) is 0 Å². The molecule has 0 unspecified atom stereocenters. The molecular formula is C20H20F3N3O2S.